The third-order valence-corrected chi connectivity index (χ3v) is 6.91. The van der Waals surface area contributed by atoms with E-state index in [-0.39, 0.29) is 29.7 Å². The average Bonchev–Trinajstić information content (AvgIpc) is 3.42. The molecule has 2 aromatic rings. The van der Waals surface area contributed by atoms with Crippen LogP contribution in [0, 0.1) is 0 Å². The van der Waals surface area contributed by atoms with Crippen LogP contribution >= 0.6 is 0 Å². The van der Waals surface area contributed by atoms with E-state index in [1.165, 1.54) is 7.11 Å². The van der Waals surface area contributed by atoms with Crippen LogP contribution in [-0.2, 0) is 25.4 Å². The molecule has 0 bridgehead atoms. The number of aromatic nitrogens is 2. The molecular weight excluding hydrogens is 411 g/mol. The smallest absolute Gasteiger partial charge is 0.453 e. The maximum atomic E-state index is 12.6. The van der Waals surface area contributed by atoms with Crippen LogP contribution in [0.3, 0.4) is 0 Å². The number of ether oxygens (including phenoxy) is 1. The lowest BCUT2D eigenvalue weighted by molar-refractivity contribution is -0.675. The molecule has 2 aliphatic heterocycles. The van der Waals surface area contributed by atoms with Crippen molar-refractivity contribution in [2.24, 2.45) is 0 Å². The lowest BCUT2D eigenvalue weighted by atomic mass is 9.79. The van der Waals surface area contributed by atoms with Gasteiger partial charge < -0.3 is 24.3 Å². The number of benzene rings is 1. The number of carbonyl (C=O) groups excluding carboxylic acids is 2. The minimum atomic E-state index is -0.599. The zero-order valence-corrected chi connectivity index (χ0v) is 19.4. The molecule has 1 atom stereocenters. The van der Waals surface area contributed by atoms with Crippen LogP contribution in [0.1, 0.15) is 40.5 Å². The second kappa shape index (κ2) is 8.40. The van der Waals surface area contributed by atoms with Crippen molar-refractivity contribution in [2.45, 2.75) is 64.3 Å². The molecule has 2 N–H and O–H groups in total. The molecule has 0 aliphatic carbocycles. The third-order valence-electron chi connectivity index (χ3n) is 6.91. The first-order valence-electron chi connectivity index (χ1n) is 11.1. The van der Waals surface area contributed by atoms with Gasteiger partial charge in [0.1, 0.15) is 13.1 Å². The van der Waals surface area contributed by atoms with Gasteiger partial charge in [-0.15, -0.1) is 0 Å². The summed E-state index contributed by atoms with van der Waals surface area (Å²) in [6.45, 7) is 9.50. The molecule has 10 heteroatoms. The summed E-state index contributed by atoms with van der Waals surface area (Å²) in [6, 6.07) is 6.23. The van der Waals surface area contributed by atoms with Gasteiger partial charge in [0.2, 0.25) is 12.2 Å². The molecule has 3 heterocycles. The van der Waals surface area contributed by atoms with Crippen LogP contribution in [0.25, 0.3) is 11.0 Å². The van der Waals surface area contributed by atoms with Crippen molar-refractivity contribution >= 4 is 35.6 Å². The van der Waals surface area contributed by atoms with Crippen molar-refractivity contribution in [3.8, 4) is 0 Å². The van der Waals surface area contributed by atoms with E-state index < -0.39 is 13.2 Å². The highest BCUT2D eigenvalue weighted by Crippen LogP contribution is 2.36. The Hall–Kier alpha value is -2.59. The van der Waals surface area contributed by atoms with Gasteiger partial charge in [-0.2, -0.15) is 0 Å². The summed E-state index contributed by atoms with van der Waals surface area (Å²) < 4.78 is 19.0. The van der Waals surface area contributed by atoms with E-state index in [9.17, 15) is 9.59 Å². The first-order valence-corrected chi connectivity index (χ1v) is 11.1. The van der Waals surface area contributed by atoms with Gasteiger partial charge in [-0.05, 0) is 58.1 Å². The molecule has 2 aliphatic rings. The monoisotopic (exact) mass is 443 g/mol. The molecule has 0 spiro atoms. The fraction of sp³-hybridized carbons (Fsp3) is 0.591. The maximum Gasteiger partial charge on any atom is 0.494 e. The lowest BCUT2D eigenvalue weighted by Gasteiger charge is -2.32. The molecule has 2 fully saturated rings. The number of aromatic amines is 1. The zero-order chi connectivity index (χ0) is 23.1. The van der Waals surface area contributed by atoms with Crippen molar-refractivity contribution in [3.63, 3.8) is 0 Å². The number of methoxy groups -OCH3 is 1. The summed E-state index contributed by atoms with van der Waals surface area (Å²) in [5.41, 5.74) is 2.24. The van der Waals surface area contributed by atoms with Crippen molar-refractivity contribution in [2.75, 3.05) is 20.2 Å². The minimum Gasteiger partial charge on any atom is -0.453 e. The van der Waals surface area contributed by atoms with Crippen LogP contribution in [0.2, 0.25) is 0 Å². The number of likely N-dealkylation sites (tertiary alicyclic amines) is 1. The van der Waals surface area contributed by atoms with Gasteiger partial charge in [-0.3, -0.25) is 4.79 Å². The predicted molar refractivity (Wildman–Crippen MR) is 119 cm³/mol. The number of imidazole rings is 1. The normalized spacial score (nSPS) is 21.8. The van der Waals surface area contributed by atoms with Gasteiger partial charge >= 0.3 is 13.2 Å². The van der Waals surface area contributed by atoms with Crippen LogP contribution in [0.15, 0.2) is 24.5 Å². The lowest BCUT2D eigenvalue weighted by Crippen LogP contribution is -2.49. The number of hydrogen-bond donors (Lipinski definition) is 2. The van der Waals surface area contributed by atoms with E-state index in [0.717, 1.165) is 29.3 Å². The standard InChI is InChI=1S/C22H31BN4O5/c1-21(2)22(3,4)32-23(31-21)15-8-9-18-17(11-15)25-14-26(18)13-16-7-6-10-27(16)19(28)12-24-20(29)30-5/h8-9,11,14,16H,6-7,10,12-13H2,1-5H3,(H,24,29)/p+1. The molecule has 32 heavy (non-hydrogen) atoms. The van der Waals surface area contributed by atoms with Gasteiger partial charge in [0.05, 0.1) is 24.4 Å². The van der Waals surface area contributed by atoms with Crippen LogP contribution in [0.4, 0.5) is 4.79 Å². The Morgan fingerprint density at radius 1 is 1.28 bits per heavy atom. The first-order chi connectivity index (χ1) is 15.1. The third kappa shape index (κ3) is 4.21. The van der Waals surface area contributed by atoms with Gasteiger partial charge in [-0.25, -0.2) is 14.3 Å². The molecular formula is C22H32BN4O5+. The summed E-state index contributed by atoms with van der Waals surface area (Å²) in [5, 5.41) is 2.47. The number of amides is 2. The van der Waals surface area contributed by atoms with Crippen LogP contribution < -0.4 is 15.3 Å². The molecule has 2 saturated heterocycles. The molecule has 1 aromatic heterocycles. The number of rotatable bonds is 5. The van der Waals surface area contributed by atoms with Crippen molar-refractivity contribution in [1.29, 1.82) is 0 Å². The minimum absolute atomic E-state index is 0.0564. The van der Waals surface area contributed by atoms with Gasteiger partial charge in [0.25, 0.3) is 0 Å². The summed E-state index contributed by atoms with van der Waals surface area (Å²) in [4.78, 5) is 29.0. The Morgan fingerprint density at radius 3 is 2.69 bits per heavy atom. The van der Waals surface area contributed by atoms with Crippen molar-refractivity contribution < 1.29 is 28.2 Å². The highest BCUT2D eigenvalue weighted by Gasteiger charge is 2.51. The average molecular weight is 443 g/mol. The molecule has 9 nitrogen and oxygen atoms in total. The largest absolute Gasteiger partial charge is 0.494 e. The van der Waals surface area contributed by atoms with E-state index in [0.29, 0.717) is 13.1 Å². The zero-order valence-electron chi connectivity index (χ0n) is 19.4. The molecule has 172 valence electrons. The number of nitrogens with one attached hydrogen (secondary N) is 2. The van der Waals surface area contributed by atoms with Gasteiger partial charge in [-0.1, -0.05) is 6.07 Å². The van der Waals surface area contributed by atoms with E-state index in [2.05, 4.69) is 31.7 Å². The maximum absolute atomic E-state index is 12.6. The number of hydrogen-bond acceptors (Lipinski definition) is 5. The number of nitrogens with zero attached hydrogens (tertiary/aromatic N) is 2. The molecule has 1 aromatic carbocycles. The predicted octanol–water partition coefficient (Wildman–Crippen LogP) is 1.10. The highest BCUT2D eigenvalue weighted by atomic mass is 16.7. The highest BCUT2D eigenvalue weighted by molar-refractivity contribution is 6.62. The number of alkyl carbamates (subject to hydrolysis) is 1. The van der Waals surface area contributed by atoms with Crippen molar-refractivity contribution in [1.82, 2.24) is 15.2 Å². The van der Waals surface area contributed by atoms with Gasteiger partial charge in [0.15, 0.2) is 11.0 Å². The summed E-state index contributed by atoms with van der Waals surface area (Å²) in [7, 11) is 0.871. The number of carbonyl (C=O) groups is 2. The number of H-pyrrole nitrogens is 1. The van der Waals surface area contributed by atoms with Crippen LogP contribution in [-0.4, -0.2) is 66.4 Å². The fourth-order valence-corrected chi connectivity index (χ4v) is 4.32. The Kier molecular flexibility index (Phi) is 5.94. The molecule has 0 radical (unpaired) electrons. The van der Waals surface area contributed by atoms with E-state index in [1.54, 1.807) is 0 Å². The summed E-state index contributed by atoms with van der Waals surface area (Å²) in [6.07, 6.45) is 3.21. The summed E-state index contributed by atoms with van der Waals surface area (Å²) >= 11 is 0. The second-order valence-electron chi connectivity index (χ2n) is 9.52. The SMILES string of the molecule is COC(=O)NCC(=O)N1CCCC1C[n+]1c[nH]c2cc(B3OC(C)(C)C(C)(C)O3)ccc21. The second-order valence-corrected chi connectivity index (χ2v) is 9.52. The molecule has 0 saturated carbocycles. The van der Waals surface area contributed by atoms with E-state index in [4.69, 9.17) is 9.31 Å². The summed E-state index contributed by atoms with van der Waals surface area (Å²) in [5.74, 6) is -0.0959. The Bertz CT molecular complexity index is 1000. The molecule has 1 unspecified atom stereocenters. The quantitative estimate of drug-likeness (QED) is 0.533. The topological polar surface area (TPSA) is 96.8 Å². The Balaban J connectivity index is 1.46. The van der Waals surface area contributed by atoms with E-state index in [1.807, 2.05) is 45.0 Å². The van der Waals surface area contributed by atoms with Crippen LogP contribution in [0.5, 0.6) is 0 Å². The van der Waals surface area contributed by atoms with E-state index >= 15 is 0 Å². The fourth-order valence-electron chi connectivity index (χ4n) is 4.32. The number of fused-ring (bicyclic) bond motifs is 1. The molecule has 2 amide bonds. The first kappa shape index (κ1) is 22.6. The Labute approximate surface area is 188 Å². The van der Waals surface area contributed by atoms with Crippen molar-refractivity contribution in [3.05, 3.63) is 24.5 Å². The van der Waals surface area contributed by atoms with Gasteiger partial charge in [0, 0.05) is 6.54 Å². The Morgan fingerprint density at radius 2 is 2.00 bits per heavy atom. The molecule has 4 rings (SSSR count).